The Hall–Kier alpha value is -11.6. The van der Waals surface area contributed by atoms with Crippen LogP contribution in [-0.4, -0.2) is 26.9 Å². The molecule has 522 valence electrons. The maximum Gasteiger partial charge on any atom is 0.151 e. The van der Waals surface area contributed by atoms with E-state index in [-0.39, 0.29) is 0 Å². The van der Waals surface area contributed by atoms with Crippen LogP contribution in [-0.2, 0) is 56.0 Å². The Kier molecular flexibility index (Phi) is 21.7. The summed E-state index contributed by atoms with van der Waals surface area (Å²) < 4.78 is 31.1. The molecule has 0 amide bonds. The highest BCUT2D eigenvalue weighted by molar-refractivity contribution is 5.89. The zero-order chi connectivity index (χ0) is 72.1. The van der Waals surface area contributed by atoms with E-state index >= 15 is 0 Å². The van der Waals surface area contributed by atoms with E-state index in [9.17, 15) is 0 Å². The molecular formula is C98H90N2O5. The van der Waals surface area contributed by atoms with Gasteiger partial charge >= 0.3 is 0 Å². The maximum atomic E-state index is 6.76. The average Bonchev–Trinajstić information content (AvgIpc) is 1.55. The fourth-order valence-corrected chi connectivity index (χ4v) is 15.4. The number of nitrogens with one attached hydrogen (secondary N) is 1. The molecule has 3 aliphatic rings. The molecule has 0 saturated carbocycles. The molecule has 105 heavy (non-hydrogen) atoms. The summed E-state index contributed by atoms with van der Waals surface area (Å²) in [4.78, 5) is 2.34. The lowest BCUT2D eigenvalue weighted by atomic mass is 9.67. The number of unbranched alkanes of at least 4 members (excludes halogenated alkanes) is 4. The highest BCUT2D eigenvalue weighted by Gasteiger charge is 2.47. The van der Waals surface area contributed by atoms with Gasteiger partial charge in [-0.25, -0.2) is 0 Å². The Morgan fingerprint density at radius 1 is 0.400 bits per heavy atom. The normalized spacial score (nSPS) is 14.5. The van der Waals surface area contributed by atoms with E-state index in [2.05, 4.69) is 293 Å². The molecule has 0 radical (unpaired) electrons. The molecule has 0 saturated heterocycles. The summed E-state index contributed by atoms with van der Waals surface area (Å²) in [5.74, 6) is 25.5. The second-order valence-electron chi connectivity index (χ2n) is 28.2. The molecule has 7 heteroatoms. The highest BCUT2D eigenvalue weighted by atomic mass is 16.5. The first-order valence-corrected chi connectivity index (χ1v) is 37.3. The van der Waals surface area contributed by atoms with Gasteiger partial charge in [0, 0.05) is 18.8 Å². The number of hydrogen-bond donors (Lipinski definition) is 1. The second-order valence-corrected chi connectivity index (χ2v) is 28.2. The minimum Gasteiger partial charge on any atom is -0.497 e. The van der Waals surface area contributed by atoms with Gasteiger partial charge in [-0.05, 0) is 286 Å². The van der Waals surface area contributed by atoms with Gasteiger partial charge in [-0.2, -0.15) is 0 Å². The van der Waals surface area contributed by atoms with E-state index in [1.165, 1.54) is 120 Å². The van der Waals surface area contributed by atoms with E-state index in [0.717, 1.165) is 121 Å². The van der Waals surface area contributed by atoms with E-state index in [1.807, 2.05) is 24.3 Å². The van der Waals surface area contributed by atoms with Gasteiger partial charge in [0.05, 0.1) is 35.9 Å². The molecule has 0 aromatic heterocycles. The fourth-order valence-electron chi connectivity index (χ4n) is 15.4. The van der Waals surface area contributed by atoms with Gasteiger partial charge in [-0.3, -0.25) is 0 Å². The number of anilines is 3. The van der Waals surface area contributed by atoms with E-state index in [4.69, 9.17) is 30.1 Å². The minimum absolute atomic E-state index is 0.395. The third-order valence-electron chi connectivity index (χ3n) is 21.0. The topological polar surface area (TPSA) is 61.4 Å². The number of fused-ring (bicyclic) bond motifs is 8. The molecule has 1 N–H and O–H groups in total. The van der Waals surface area contributed by atoms with Crippen molar-refractivity contribution in [1.82, 2.24) is 5.32 Å². The van der Waals surface area contributed by atoms with E-state index in [0.29, 0.717) is 19.8 Å². The van der Waals surface area contributed by atoms with Crippen LogP contribution in [0.1, 0.15) is 143 Å². The molecule has 0 spiro atoms. The number of ether oxygens (including phenoxy) is 5. The van der Waals surface area contributed by atoms with Crippen LogP contribution in [0.15, 0.2) is 231 Å². The lowest BCUT2D eigenvalue weighted by molar-refractivity contribution is 0.217. The standard InChI is InChI=1S/C98H90N2O5/c1-8-11-14-16-17-18-57-97(6)89-63-72(33-52-85(89)86-53-34-73(64-90(86)97)25-26-75-36-56-94-96(66-75)105-95-62-70(5)22-55-93(95)100(94)80-41-27-71(28-42-80)20-13-10-3)23-24-74-35-54-88-87-51-21-69(4)61-91(87)98(92(88)65-74,78-37-47-83(48-38-78)102-58-19-15-12-9-2)79-39-49-84(50-40-79)104-60-59-103-82-45-31-77(32-46-82)68-99-67-76-29-43-81(101-7)44-30-76/h1,21-22,27-56,61-66,99H,9-10,12-13,15,19-20,23-26,58-60,67-68H2,2-7H3. The number of nitrogens with zero attached hydrogens (tertiary/aromatic N) is 1. The summed E-state index contributed by atoms with van der Waals surface area (Å²) in [7, 11) is 1.69. The van der Waals surface area contributed by atoms with Gasteiger partial charge in [-0.15, -0.1) is 6.42 Å². The number of hydrogen-bond acceptors (Lipinski definition) is 7. The van der Waals surface area contributed by atoms with Gasteiger partial charge in [0.15, 0.2) is 11.5 Å². The van der Waals surface area contributed by atoms with Gasteiger partial charge in [0.2, 0.25) is 0 Å². The Labute approximate surface area is 622 Å². The molecule has 11 aromatic carbocycles. The molecule has 7 nitrogen and oxygen atoms in total. The smallest absolute Gasteiger partial charge is 0.151 e. The SMILES string of the molecule is C#CC#CC#CC#CC1(C)c2cc(CCc3ccc4c(c3)Oc3cc(C)ccc3N4c3ccc(CCCC)cc3)ccc2-c2ccc(CCc3ccc4c(c3)C(c3ccc(OCCCCCC)cc3)(c3ccc(OCCOc5ccc(CNCc6ccc(OC)cc6)cc5)cc3)c3cc(C)ccc3-4)cc21. The Morgan fingerprint density at radius 2 is 0.838 bits per heavy atom. The molecule has 2 unspecified atom stereocenters. The molecule has 2 aliphatic carbocycles. The molecule has 0 fully saturated rings. The number of terminal acetylenes is 1. The van der Waals surface area contributed by atoms with Gasteiger partial charge in [0.25, 0.3) is 0 Å². The molecule has 2 atom stereocenters. The predicted molar refractivity (Wildman–Crippen MR) is 429 cm³/mol. The van der Waals surface area contributed by atoms with Gasteiger partial charge in [0.1, 0.15) is 36.2 Å². The van der Waals surface area contributed by atoms with Crippen molar-refractivity contribution in [2.75, 3.05) is 31.8 Å². The van der Waals surface area contributed by atoms with Gasteiger partial charge < -0.3 is 33.9 Å². The van der Waals surface area contributed by atoms with Crippen molar-refractivity contribution in [3.63, 3.8) is 0 Å². The van der Waals surface area contributed by atoms with Crippen molar-refractivity contribution in [3.05, 3.63) is 314 Å². The predicted octanol–water partition coefficient (Wildman–Crippen LogP) is 21.8. The van der Waals surface area contributed by atoms with Crippen LogP contribution < -0.4 is 33.9 Å². The van der Waals surface area contributed by atoms with Crippen LogP contribution in [0.25, 0.3) is 22.3 Å². The molecule has 11 aromatic rings. The first-order chi connectivity index (χ1) is 51.5. The Bertz CT molecular complexity index is 5180. The zero-order valence-electron chi connectivity index (χ0n) is 61.3. The zero-order valence-corrected chi connectivity index (χ0v) is 61.3. The maximum absolute atomic E-state index is 6.76. The Morgan fingerprint density at radius 3 is 1.41 bits per heavy atom. The largest absolute Gasteiger partial charge is 0.497 e. The summed E-state index contributed by atoms with van der Waals surface area (Å²) in [5, 5.41) is 3.53. The average molecular weight is 1380 g/mol. The van der Waals surface area contributed by atoms with Crippen LogP contribution in [0.3, 0.4) is 0 Å². The van der Waals surface area contributed by atoms with Crippen molar-refractivity contribution in [2.45, 2.75) is 129 Å². The van der Waals surface area contributed by atoms with Crippen LogP contribution in [0.4, 0.5) is 17.1 Å². The highest BCUT2D eigenvalue weighted by Crippen LogP contribution is 2.58. The van der Waals surface area contributed by atoms with Crippen LogP contribution >= 0.6 is 0 Å². The van der Waals surface area contributed by atoms with Gasteiger partial charge in [-0.1, -0.05) is 197 Å². The van der Waals surface area contributed by atoms with Crippen LogP contribution in [0.2, 0.25) is 0 Å². The summed E-state index contributed by atoms with van der Waals surface area (Å²) in [5.41, 5.74) is 25.1. The fraction of sp³-hybridized carbons (Fsp3) is 0.245. The first kappa shape index (κ1) is 70.5. The third-order valence-corrected chi connectivity index (χ3v) is 21.0. The summed E-state index contributed by atoms with van der Waals surface area (Å²) in [6.45, 7) is 14.1. The summed E-state index contributed by atoms with van der Waals surface area (Å²) in [6, 6.07) is 84.5. The van der Waals surface area contributed by atoms with E-state index in [1.54, 1.807) is 7.11 Å². The third kappa shape index (κ3) is 15.4. The molecule has 0 bridgehead atoms. The summed E-state index contributed by atoms with van der Waals surface area (Å²) >= 11 is 0. The minimum atomic E-state index is -0.653. The molecule has 1 heterocycles. The van der Waals surface area contributed by atoms with E-state index < -0.39 is 10.8 Å². The number of rotatable bonds is 28. The van der Waals surface area contributed by atoms with Crippen molar-refractivity contribution < 1.29 is 23.7 Å². The molecule has 1 aliphatic heterocycles. The monoisotopic (exact) mass is 1370 g/mol. The van der Waals surface area contributed by atoms with Crippen molar-refractivity contribution in [1.29, 1.82) is 0 Å². The van der Waals surface area contributed by atoms with Crippen LogP contribution in [0.5, 0.6) is 34.5 Å². The second kappa shape index (κ2) is 32.4. The quantitative estimate of drug-likeness (QED) is 0.0387. The Balaban J connectivity index is 0.709. The van der Waals surface area contributed by atoms with Crippen molar-refractivity contribution >= 4 is 17.1 Å². The molecular weight excluding hydrogens is 1290 g/mol. The first-order valence-electron chi connectivity index (χ1n) is 37.3. The number of methoxy groups -OCH3 is 1. The molecule has 14 rings (SSSR count). The lowest BCUT2D eigenvalue weighted by Crippen LogP contribution is -2.29. The lowest BCUT2D eigenvalue weighted by Gasteiger charge is -2.34. The van der Waals surface area contributed by atoms with Crippen LogP contribution in [0, 0.1) is 61.7 Å². The number of aryl methyl sites for hydroxylation is 7. The van der Waals surface area contributed by atoms with Crippen molar-refractivity contribution in [3.8, 4) is 105 Å². The van der Waals surface area contributed by atoms with Crippen molar-refractivity contribution in [2.24, 2.45) is 0 Å². The number of benzene rings is 11. The summed E-state index contributed by atoms with van der Waals surface area (Å²) in [6.07, 6.45) is 16.8.